The molecule has 2 atom stereocenters. The van der Waals surface area contributed by atoms with Gasteiger partial charge < -0.3 is 19.9 Å². The SMILES string of the molecule is O=C(NCCCN1CCOCC1)[C@@H]1Cc2ccccc2N2CCN(c3ccc(F)cc3)C[C@H]12. The van der Waals surface area contributed by atoms with Crippen molar-refractivity contribution in [3.63, 3.8) is 0 Å². The molecule has 0 aliphatic carbocycles. The molecule has 176 valence electrons. The zero-order chi connectivity index (χ0) is 22.6. The molecule has 3 aliphatic heterocycles. The third-order valence-corrected chi connectivity index (χ3v) is 7.21. The lowest BCUT2D eigenvalue weighted by Gasteiger charge is -2.49. The summed E-state index contributed by atoms with van der Waals surface area (Å²) in [6.07, 6.45) is 1.70. The summed E-state index contributed by atoms with van der Waals surface area (Å²) >= 11 is 0. The Morgan fingerprint density at radius 1 is 1.03 bits per heavy atom. The summed E-state index contributed by atoms with van der Waals surface area (Å²) in [7, 11) is 0. The fourth-order valence-corrected chi connectivity index (χ4v) is 5.41. The maximum absolute atomic E-state index is 13.4. The summed E-state index contributed by atoms with van der Waals surface area (Å²) in [6.45, 7) is 7.70. The molecule has 5 rings (SSSR count). The average Bonchev–Trinajstić information content (AvgIpc) is 2.87. The molecule has 6 nitrogen and oxygen atoms in total. The van der Waals surface area contributed by atoms with Crippen molar-refractivity contribution in [2.24, 2.45) is 5.92 Å². The van der Waals surface area contributed by atoms with Gasteiger partial charge in [-0.1, -0.05) is 18.2 Å². The Bertz CT molecular complexity index is 948. The van der Waals surface area contributed by atoms with Crippen LogP contribution in [0.5, 0.6) is 0 Å². The van der Waals surface area contributed by atoms with Crippen LogP contribution in [0.3, 0.4) is 0 Å². The molecule has 0 aromatic heterocycles. The number of hydrogen-bond donors (Lipinski definition) is 1. The van der Waals surface area contributed by atoms with Gasteiger partial charge in [-0.05, 0) is 55.3 Å². The Kier molecular flexibility index (Phi) is 6.78. The number of benzene rings is 2. The highest BCUT2D eigenvalue weighted by atomic mass is 19.1. The number of carbonyl (C=O) groups is 1. The minimum atomic E-state index is -0.224. The van der Waals surface area contributed by atoms with Gasteiger partial charge in [0.25, 0.3) is 0 Å². The quantitative estimate of drug-likeness (QED) is 0.683. The van der Waals surface area contributed by atoms with Crippen LogP contribution in [-0.2, 0) is 16.0 Å². The Balaban J connectivity index is 1.26. The van der Waals surface area contributed by atoms with E-state index in [0.29, 0.717) is 6.54 Å². The van der Waals surface area contributed by atoms with Gasteiger partial charge in [0.2, 0.25) is 5.91 Å². The molecule has 0 bridgehead atoms. The molecule has 0 spiro atoms. The molecule has 2 fully saturated rings. The second-order valence-corrected chi connectivity index (χ2v) is 9.22. The van der Waals surface area contributed by atoms with E-state index in [4.69, 9.17) is 4.74 Å². The summed E-state index contributed by atoms with van der Waals surface area (Å²) in [6, 6.07) is 15.2. The monoisotopic (exact) mass is 452 g/mol. The van der Waals surface area contributed by atoms with Gasteiger partial charge in [-0.2, -0.15) is 0 Å². The van der Waals surface area contributed by atoms with E-state index in [1.807, 2.05) is 12.1 Å². The van der Waals surface area contributed by atoms with E-state index >= 15 is 0 Å². The maximum atomic E-state index is 13.4. The number of halogens is 1. The number of carbonyl (C=O) groups excluding carboxylic acids is 1. The van der Waals surface area contributed by atoms with Crippen molar-refractivity contribution in [1.82, 2.24) is 10.2 Å². The first-order valence-electron chi connectivity index (χ1n) is 12.1. The summed E-state index contributed by atoms with van der Waals surface area (Å²) in [5.74, 6) is -0.188. The number of fused-ring (bicyclic) bond motifs is 3. The highest BCUT2D eigenvalue weighted by Gasteiger charge is 2.41. The number of piperazine rings is 1. The van der Waals surface area contributed by atoms with Gasteiger partial charge in [-0.3, -0.25) is 9.69 Å². The van der Waals surface area contributed by atoms with Crippen LogP contribution in [0, 0.1) is 11.7 Å². The second kappa shape index (κ2) is 10.1. The molecule has 3 heterocycles. The molecule has 2 aromatic carbocycles. The zero-order valence-corrected chi connectivity index (χ0v) is 19.1. The molecule has 2 saturated heterocycles. The van der Waals surface area contributed by atoms with Crippen molar-refractivity contribution in [3.05, 3.63) is 59.9 Å². The summed E-state index contributed by atoms with van der Waals surface area (Å²) in [5, 5.41) is 3.23. The van der Waals surface area contributed by atoms with Crippen molar-refractivity contribution in [3.8, 4) is 0 Å². The predicted molar refractivity (Wildman–Crippen MR) is 128 cm³/mol. The van der Waals surface area contributed by atoms with Crippen LogP contribution in [0.15, 0.2) is 48.5 Å². The molecule has 3 aliphatic rings. The smallest absolute Gasteiger partial charge is 0.225 e. The van der Waals surface area contributed by atoms with E-state index < -0.39 is 0 Å². The van der Waals surface area contributed by atoms with Gasteiger partial charge >= 0.3 is 0 Å². The number of nitrogens with zero attached hydrogens (tertiary/aromatic N) is 3. The average molecular weight is 453 g/mol. The molecule has 0 radical (unpaired) electrons. The Morgan fingerprint density at radius 3 is 2.64 bits per heavy atom. The minimum Gasteiger partial charge on any atom is -0.379 e. The lowest BCUT2D eigenvalue weighted by Crippen LogP contribution is -2.61. The number of para-hydroxylation sites is 1. The Morgan fingerprint density at radius 2 is 1.82 bits per heavy atom. The van der Waals surface area contributed by atoms with Crippen LogP contribution in [0.25, 0.3) is 0 Å². The molecule has 1 amide bonds. The molecule has 2 aromatic rings. The van der Waals surface area contributed by atoms with Gasteiger partial charge in [-0.15, -0.1) is 0 Å². The number of amides is 1. The van der Waals surface area contributed by atoms with Crippen LogP contribution >= 0.6 is 0 Å². The van der Waals surface area contributed by atoms with Crippen molar-refractivity contribution in [2.75, 3.05) is 68.8 Å². The van der Waals surface area contributed by atoms with E-state index in [-0.39, 0.29) is 23.7 Å². The number of ether oxygens (including phenoxy) is 1. The number of nitrogens with one attached hydrogen (secondary N) is 1. The largest absolute Gasteiger partial charge is 0.379 e. The van der Waals surface area contributed by atoms with Gasteiger partial charge in [0.05, 0.1) is 25.2 Å². The molecule has 33 heavy (non-hydrogen) atoms. The van der Waals surface area contributed by atoms with Gasteiger partial charge in [0.15, 0.2) is 0 Å². The minimum absolute atomic E-state index is 0.0953. The van der Waals surface area contributed by atoms with Crippen LogP contribution in [0.1, 0.15) is 12.0 Å². The lowest BCUT2D eigenvalue weighted by atomic mass is 9.83. The molecular formula is C26H33FN4O2. The van der Waals surface area contributed by atoms with Gasteiger partial charge in [-0.25, -0.2) is 4.39 Å². The molecule has 0 saturated carbocycles. The number of morpholine rings is 1. The lowest BCUT2D eigenvalue weighted by molar-refractivity contribution is -0.125. The van der Waals surface area contributed by atoms with Crippen molar-refractivity contribution >= 4 is 17.3 Å². The maximum Gasteiger partial charge on any atom is 0.225 e. The molecule has 1 N–H and O–H groups in total. The Labute approximate surface area is 195 Å². The molecule has 0 unspecified atom stereocenters. The first-order chi connectivity index (χ1) is 16.2. The highest BCUT2D eigenvalue weighted by Crippen LogP contribution is 2.36. The van der Waals surface area contributed by atoms with Crippen LogP contribution in [-0.4, -0.2) is 75.9 Å². The highest BCUT2D eigenvalue weighted by molar-refractivity contribution is 5.82. The van der Waals surface area contributed by atoms with Crippen molar-refractivity contribution < 1.29 is 13.9 Å². The standard InChI is InChI=1S/C26H33FN4O2/c27-21-6-8-22(9-7-21)30-12-13-31-24-5-2-1-4-20(24)18-23(25(31)19-30)26(32)28-10-3-11-29-14-16-33-17-15-29/h1-2,4-9,23,25H,3,10-19H2,(H,28,32)/t23-,25-/m1/s1. The van der Waals surface area contributed by atoms with Crippen LogP contribution in [0.2, 0.25) is 0 Å². The van der Waals surface area contributed by atoms with Crippen LogP contribution in [0.4, 0.5) is 15.8 Å². The topological polar surface area (TPSA) is 48.1 Å². The zero-order valence-electron chi connectivity index (χ0n) is 19.1. The van der Waals surface area contributed by atoms with E-state index in [9.17, 15) is 9.18 Å². The summed E-state index contributed by atoms with van der Waals surface area (Å²) < 4.78 is 18.8. The first kappa shape index (κ1) is 22.2. The normalized spacial score (nSPS) is 23.1. The van der Waals surface area contributed by atoms with Gasteiger partial charge in [0.1, 0.15) is 5.82 Å². The molecular weight excluding hydrogens is 419 g/mol. The first-order valence-corrected chi connectivity index (χ1v) is 12.1. The fourth-order valence-electron chi connectivity index (χ4n) is 5.41. The van der Waals surface area contributed by atoms with Crippen molar-refractivity contribution in [1.29, 1.82) is 0 Å². The summed E-state index contributed by atoms with van der Waals surface area (Å²) in [4.78, 5) is 20.5. The third kappa shape index (κ3) is 4.99. The van der Waals surface area contributed by atoms with E-state index in [1.165, 1.54) is 23.4 Å². The number of rotatable bonds is 6. The van der Waals surface area contributed by atoms with E-state index in [0.717, 1.165) is 71.0 Å². The third-order valence-electron chi connectivity index (χ3n) is 7.21. The number of hydrogen-bond acceptors (Lipinski definition) is 5. The van der Waals surface area contributed by atoms with E-state index in [2.05, 4.69) is 44.3 Å². The van der Waals surface area contributed by atoms with Crippen LogP contribution < -0.4 is 15.1 Å². The second-order valence-electron chi connectivity index (χ2n) is 9.22. The number of anilines is 2. The Hall–Kier alpha value is -2.64. The fraction of sp³-hybridized carbons (Fsp3) is 0.500. The van der Waals surface area contributed by atoms with Gasteiger partial charge in [0, 0.05) is 50.6 Å². The molecule has 7 heteroatoms. The summed E-state index contributed by atoms with van der Waals surface area (Å²) in [5.41, 5.74) is 3.51. The predicted octanol–water partition coefficient (Wildman–Crippen LogP) is 2.53. The van der Waals surface area contributed by atoms with Crippen molar-refractivity contribution in [2.45, 2.75) is 18.9 Å². The van der Waals surface area contributed by atoms with E-state index in [1.54, 1.807) is 0 Å².